The van der Waals surface area contributed by atoms with Gasteiger partial charge in [-0.15, -0.1) is 0 Å². The Morgan fingerprint density at radius 3 is 1.75 bits per heavy atom. The topological polar surface area (TPSA) is 29.5 Å². The molecule has 12 rings (SSSR count). The molecule has 0 bridgehead atoms. The minimum atomic E-state index is 0.831. The van der Waals surface area contributed by atoms with Crippen LogP contribution in [0.1, 0.15) is 0 Å². The van der Waals surface area contributed by atoms with Crippen LogP contribution in [-0.4, -0.2) is 0 Å². The molecule has 2 aromatic heterocycles. The maximum absolute atomic E-state index is 6.78. The van der Waals surface area contributed by atoms with Crippen molar-refractivity contribution in [3.05, 3.63) is 200 Å². The predicted octanol–water partition coefficient (Wildman–Crippen LogP) is 15.7. The number of para-hydroxylation sites is 2. The van der Waals surface area contributed by atoms with E-state index in [0.29, 0.717) is 0 Å². The van der Waals surface area contributed by atoms with E-state index in [4.69, 9.17) is 8.83 Å². The monoisotopic (exact) mass is 727 g/mol. The Morgan fingerprint density at radius 2 is 0.895 bits per heavy atom. The van der Waals surface area contributed by atoms with Crippen LogP contribution in [-0.2, 0) is 0 Å². The molecule has 0 N–H and O–H groups in total. The van der Waals surface area contributed by atoms with Crippen LogP contribution < -0.4 is 4.90 Å². The molecule has 0 aliphatic rings. The van der Waals surface area contributed by atoms with Gasteiger partial charge in [-0.3, -0.25) is 0 Å². The van der Waals surface area contributed by atoms with Gasteiger partial charge in [-0.2, -0.15) is 0 Å². The second-order valence-corrected chi connectivity index (χ2v) is 14.8. The van der Waals surface area contributed by atoms with Gasteiger partial charge in [0.25, 0.3) is 0 Å². The Labute approximate surface area is 328 Å². The summed E-state index contributed by atoms with van der Waals surface area (Å²) >= 11 is 0. The molecule has 0 spiro atoms. The van der Waals surface area contributed by atoms with Gasteiger partial charge in [0.1, 0.15) is 16.7 Å². The van der Waals surface area contributed by atoms with Crippen molar-refractivity contribution in [3.8, 4) is 22.3 Å². The van der Waals surface area contributed by atoms with Gasteiger partial charge in [0.15, 0.2) is 5.58 Å². The van der Waals surface area contributed by atoms with Crippen LogP contribution in [0.5, 0.6) is 0 Å². The summed E-state index contributed by atoms with van der Waals surface area (Å²) in [7, 11) is 0. The van der Waals surface area contributed by atoms with Gasteiger partial charge in [-0.1, -0.05) is 140 Å². The van der Waals surface area contributed by atoms with E-state index < -0.39 is 0 Å². The van der Waals surface area contributed by atoms with Crippen molar-refractivity contribution < 1.29 is 8.83 Å². The first-order valence-corrected chi connectivity index (χ1v) is 19.4. The van der Waals surface area contributed by atoms with Crippen LogP contribution >= 0.6 is 0 Å². The van der Waals surface area contributed by atoms with Crippen LogP contribution in [0.15, 0.2) is 209 Å². The quantitative estimate of drug-likeness (QED) is 0.165. The SMILES string of the molecule is c1ccc2c(-c3ccc(N(c4ccc5c(c4)oc4cc(-c6cc7ccccc7c7ccccc67)ccc45)c4cccc5c4oc4ccccc45)cc3)cccc2c1. The third kappa shape index (κ3) is 4.99. The Hall–Kier alpha value is -7.62. The predicted molar refractivity (Wildman–Crippen MR) is 239 cm³/mol. The molecule has 0 radical (unpaired) electrons. The minimum absolute atomic E-state index is 0.831. The van der Waals surface area contributed by atoms with Crippen LogP contribution in [0, 0.1) is 0 Å². The van der Waals surface area contributed by atoms with Gasteiger partial charge in [0, 0.05) is 33.3 Å². The molecule has 0 fully saturated rings. The minimum Gasteiger partial charge on any atom is -0.456 e. The largest absolute Gasteiger partial charge is 0.456 e. The number of anilines is 3. The van der Waals surface area contributed by atoms with E-state index in [1.54, 1.807) is 0 Å². The highest BCUT2D eigenvalue weighted by atomic mass is 16.3. The summed E-state index contributed by atoms with van der Waals surface area (Å²) in [6.07, 6.45) is 0. The van der Waals surface area contributed by atoms with Crippen molar-refractivity contribution in [3.63, 3.8) is 0 Å². The molecule has 2 heterocycles. The third-order valence-electron chi connectivity index (χ3n) is 11.6. The van der Waals surface area contributed by atoms with Gasteiger partial charge < -0.3 is 13.7 Å². The fourth-order valence-electron chi connectivity index (χ4n) is 8.97. The lowest BCUT2D eigenvalue weighted by Gasteiger charge is -2.25. The van der Waals surface area contributed by atoms with E-state index in [0.717, 1.165) is 66.5 Å². The molecule has 0 saturated heterocycles. The van der Waals surface area contributed by atoms with E-state index >= 15 is 0 Å². The molecule has 0 amide bonds. The molecule has 0 atom stereocenters. The fourth-order valence-corrected chi connectivity index (χ4v) is 8.97. The van der Waals surface area contributed by atoms with Crippen LogP contribution in [0.4, 0.5) is 17.1 Å². The first kappa shape index (κ1) is 31.7. The van der Waals surface area contributed by atoms with E-state index in [-0.39, 0.29) is 0 Å². The number of rotatable bonds is 5. The zero-order chi connectivity index (χ0) is 37.5. The lowest BCUT2D eigenvalue weighted by Crippen LogP contribution is -2.10. The number of hydrogen-bond donors (Lipinski definition) is 0. The maximum atomic E-state index is 6.78. The van der Waals surface area contributed by atoms with Crippen molar-refractivity contribution in [1.29, 1.82) is 0 Å². The standard InChI is InChI=1S/C54H33NO2/c1-3-14-40-34(11-1)13-9-19-41(40)35-23-26-38(27-24-35)55(50-21-10-20-48-45-18-7-8-22-51(45)57-54(48)50)39-28-30-47-46-29-25-37(32-52(46)56-53(47)33-39)49-31-36-12-2-4-15-42(36)43-16-5-6-17-44(43)49/h1-33H. The molecule has 0 aliphatic carbocycles. The lowest BCUT2D eigenvalue weighted by atomic mass is 9.93. The highest BCUT2D eigenvalue weighted by Gasteiger charge is 2.21. The fraction of sp³-hybridized carbons (Fsp3) is 0. The summed E-state index contributed by atoms with van der Waals surface area (Å²) in [6.45, 7) is 0. The summed E-state index contributed by atoms with van der Waals surface area (Å²) in [4.78, 5) is 2.29. The molecule has 3 heteroatoms. The van der Waals surface area contributed by atoms with Crippen molar-refractivity contribution in [2.75, 3.05) is 4.90 Å². The molecule has 0 unspecified atom stereocenters. The molecular weight excluding hydrogens is 695 g/mol. The van der Waals surface area contributed by atoms with E-state index in [2.05, 4.69) is 193 Å². The normalized spacial score (nSPS) is 11.9. The zero-order valence-electron chi connectivity index (χ0n) is 30.8. The van der Waals surface area contributed by atoms with Crippen LogP contribution in [0.25, 0.3) is 98.4 Å². The Bertz CT molecular complexity index is 3530. The van der Waals surface area contributed by atoms with Crippen molar-refractivity contribution in [2.24, 2.45) is 0 Å². The van der Waals surface area contributed by atoms with Gasteiger partial charge in [-0.25, -0.2) is 0 Å². The van der Waals surface area contributed by atoms with E-state index in [9.17, 15) is 0 Å². The van der Waals surface area contributed by atoms with Crippen molar-refractivity contribution >= 4 is 93.3 Å². The molecule has 0 aliphatic heterocycles. The second kappa shape index (κ2) is 12.5. The summed E-state index contributed by atoms with van der Waals surface area (Å²) in [5.41, 5.74) is 11.1. The molecule has 0 saturated carbocycles. The average molecular weight is 728 g/mol. The number of benzene rings is 10. The Balaban J connectivity index is 1.02. The number of furan rings is 2. The lowest BCUT2D eigenvalue weighted by molar-refractivity contribution is 0.667. The number of fused-ring (bicyclic) bond motifs is 10. The summed E-state index contributed by atoms with van der Waals surface area (Å²) in [6, 6.07) is 71.4. The van der Waals surface area contributed by atoms with Gasteiger partial charge in [0.2, 0.25) is 0 Å². The van der Waals surface area contributed by atoms with E-state index in [1.165, 1.54) is 49.0 Å². The summed E-state index contributed by atoms with van der Waals surface area (Å²) in [5.74, 6) is 0. The molecule has 12 aromatic rings. The first-order chi connectivity index (χ1) is 28.2. The Kier molecular flexibility index (Phi) is 6.93. The van der Waals surface area contributed by atoms with Gasteiger partial charge in [-0.05, 0) is 109 Å². The van der Waals surface area contributed by atoms with Crippen molar-refractivity contribution in [1.82, 2.24) is 0 Å². The molecule has 3 nitrogen and oxygen atoms in total. The van der Waals surface area contributed by atoms with Crippen LogP contribution in [0.3, 0.4) is 0 Å². The highest BCUT2D eigenvalue weighted by molar-refractivity contribution is 6.15. The van der Waals surface area contributed by atoms with E-state index in [1.807, 2.05) is 12.1 Å². The number of nitrogens with zero attached hydrogens (tertiary/aromatic N) is 1. The summed E-state index contributed by atoms with van der Waals surface area (Å²) in [5, 5.41) is 11.8. The highest BCUT2D eigenvalue weighted by Crippen LogP contribution is 2.45. The van der Waals surface area contributed by atoms with Gasteiger partial charge in [0.05, 0.1) is 11.4 Å². The van der Waals surface area contributed by atoms with Crippen LogP contribution in [0.2, 0.25) is 0 Å². The van der Waals surface area contributed by atoms with Gasteiger partial charge >= 0.3 is 0 Å². The van der Waals surface area contributed by atoms with Crippen molar-refractivity contribution in [2.45, 2.75) is 0 Å². The zero-order valence-corrected chi connectivity index (χ0v) is 30.8. The Morgan fingerprint density at radius 1 is 0.298 bits per heavy atom. The summed E-state index contributed by atoms with van der Waals surface area (Å²) < 4.78 is 13.4. The molecular formula is C54H33NO2. The second-order valence-electron chi connectivity index (χ2n) is 14.8. The average Bonchev–Trinajstić information content (AvgIpc) is 3.84. The smallest absolute Gasteiger partial charge is 0.159 e. The number of hydrogen-bond acceptors (Lipinski definition) is 3. The first-order valence-electron chi connectivity index (χ1n) is 19.4. The molecule has 57 heavy (non-hydrogen) atoms. The third-order valence-corrected chi connectivity index (χ3v) is 11.6. The molecule has 10 aromatic carbocycles. The maximum Gasteiger partial charge on any atom is 0.159 e. The molecule has 266 valence electrons.